The van der Waals surface area contributed by atoms with Crippen molar-refractivity contribution in [2.75, 3.05) is 5.32 Å². The van der Waals surface area contributed by atoms with Gasteiger partial charge in [0, 0.05) is 48.2 Å². The summed E-state index contributed by atoms with van der Waals surface area (Å²) >= 11 is 0. The minimum Gasteiger partial charge on any atom is -0.461 e. The zero-order valence-corrected chi connectivity index (χ0v) is 19.1. The predicted octanol–water partition coefficient (Wildman–Crippen LogP) is 3.47. The van der Waals surface area contributed by atoms with Crippen molar-refractivity contribution in [3.8, 4) is 0 Å². The van der Waals surface area contributed by atoms with Gasteiger partial charge in [0.1, 0.15) is 18.0 Å². The van der Waals surface area contributed by atoms with Crippen molar-refractivity contribution in [1.82, 2.24) is 9.55 Å². The lowest BCUT2D eigenvalue weighted by Gasteiger charge is -2.13. The molecule has 2 aromatic carbocycles. The zero-order chi connectivity index (χ0) is 24.5. The Bertz CT molecular complexity index is 1580. The Labute approximate surface area is 199 Å². The molecule has 1 saturated carbocycles. The number of carbonyl (C=O) groups is 2. The third-order valence-electron chi connectivity index (χ3n) is 5.88. The SMILES string of the molecule is CC(=O)Nc1ccc2c(COC(=O)CCc3nc4ccccc4c(=O)n3C3CC3)cc(=O)oc2c1. The minimum atomic E-state index is -0.586. The van der Waals surface area contributed by atoms with Crippen molar-refractivity contribution in [3.63, 3.8) is 0 Å². The van der Waals surface area contributed by atoms with Gasteiger partial charge in [-0.3, -0.25) is 19.0 Å². The number of hydrogen-bond donors (Lipinski definition) is 1. The van der Waals surface area contributed by atoms with E-state index in [0.29, 0.717) is 33.4 Å². The van der Waals surface area contributed by atoms with Gasteiger partial charge in [0.05, 0.1) is 17.3 Å². The molecule has 0 radical (unpaired) electrons. The topological polar surface area (TPSA) is 120 Å². The first-order valence-electron chi connectivity index (χ1n) is 11.4. The maximum Gasteiger partial charge on any atom is 0.336 e. The molecular formula is C26H23N3O6. The van der Waals surface area contributed by atoms with E-state index in [9.17, 15) is 19.2 Å². The molecule has 1 aliphatic carbocycles. The fourth-order valence-corrected chi connectivity index (χ4v) is 4.15. The summed E-state index contributed by atoms with van der Waals surface area (Å²) in [6.45, 7) is 1.27. The highest BCUT2D eigenvalue weighted by molar-refractivity contribution is 5.92. The number of nitrogens with one attached hydrogen (secondary N) is 1. The molecule has 0 unspecified atom stereocenters. The van der Waals surface area contributed by atoms with Crippen LogP contribution in [-0.4, -0.2) is 21.4 Å². The van der Waals surface area contributed by atoms with Crippen LogP contribution in [-0.2, 0) is 27.4 Å². The highest BCUT2D eigenvalue weighted by atomic mass is 16.5. The Morgan fingerprint density at radius 1 is 1.11 bits per heavy atom. The Hall–Kier alpha value is -4.27. The van der Waals surface area contributed by atoms with Crippen LogP contribution in [0.5, 0.6) is 0 Å². The molecule has 9 heteroatoms. The van der Waals surface area contributed by atoms with Crippen molar-refractivity contribution in [2.45, 2.75) is 45.3 Å². The van der Waals surface area contributed by atoms with Crippen molar-refractivity contribution >= 4 is 39.4 Å². The van der Waals surface area contributed by atoms with Crippen molar-refractivity contribution in [2.24, 2.45) is 0 Å². The van der Waals surface area contributed by atoms with Crippen molar-refractivity contribution in [1.29, 1.82) is 0 Å². The highest BCUT2D eigenvalue weighted by Gasteiger charge is 2.28. The summed E-state index contributed by atoms with van der Waals surface area (Å²) in [4.78, 5) is 53.4. The van der Waals surface area contributed by atoms with Crippen molar-refractivity contribution in [3.05, 3.63) is 80.7 Å². The largest absolute Gasteiger partial charge is 0.461 e. The van der Waals surface area contributed by atoms with Crippen LogP contribution < -0.4 is 16.5 Å². The number of amides is 1. The number of ether oxygens (including phenoxy) is 1. The van der Waals surface area contributed by atoms with Gasteiger partial charge in [-0.15, -0.1) is 0 Å². The van der Waals surface area contributed by atoms with Gasteiger partial charge in [-0.05, 0) is 37.1 Å². The van der Waals surface area contributed by atoms with E-state index >= 15 is 0 Å². The Morgan fingerprint density at radius 3 is 2.69 bits per heavy atom. The van der Waals surface area contributed by atoms with Crippen LogP contribution >= 0.6 is 0 Å². The molecule has 5 rings (SSSR count). The standard InChI is InChI=1S/C26H23N3O6/c1-15(30)27-17-6-9-19-16(12-25(32)35-22(19)13-17)14-34-24(31)11-10-23-28-21-5-3-2-4-20(21)26(33)29(23)18-7-8-18/h2-6,9,12-13,18H,7-8,10-11,14H2,1H3,(H,27,30). The van der Waals surface area contributed by atoms with Gasteiger partial charge in [0.25, 0.3) is 5.56 Å². The van der Waals surface area contributed by atoms with Gasteiger partial charge in [-0.2, -0.15) is 0 Å². The number of aromatic nitrogens is 2. The lowest BCUT2D eigenvalue weighted by Crippen LogP contribution is -2.25. The molecule has 35 heavy (non-hydrogen) atoms. The summed E-state index contributed by atoms with van der Waals surface area (Å²) in [6, 6.07) is 13.5. The maximum absolute atomic E-state index is 13.0. The van der Waals surface area contributed by atoms with E-state index in [1.165, 1.54) is 13.0 Å². The first-order valence-corrected chi connectivity index (χ1v) is 11.4. The zero-order valence-electron chi connectivity index (χ0n) is 19.1. The second-order valence-electron chi connectivity index (χ2n) is 8.59. The molecular weight excluding hydrogens is 450 g/mol. The van der Waals surface area contributed by atoms with Crippen LogP contribution in [0, 0.1) is 0 Å². The predicted molar refractivity (Wildman–Crippen MR) is 129 cm³/mol. The van der Waals surface area contributed by atoms with Gasteiger partial charge in [-0.25, -0.2) is 9.78 Å². The Balaban J connectivity index is 1.31. The number of esters is 1. The molecule has 1 N–H and O–H groups in total. The molecule has 1 amide bonds. The number of aryl methyl sites for hydroxylation is 1. The number of fused-ring (bicyclic) bond motifs is 2. The van der Waals surface area contributed by atoms with Gasteiger partial charge in [-0.1, -0.05) is 12.1 Å². The molecule has 2 aromatic heterocycles. The monoisotopic (exact) mass is 473 g/mol. The van der Waals surface area contributed by atoms with Gasteiger partial charge in [0.2, 0.25) is 5.91 Å². The average Bonchev–Trinajstić information content (AvgIpc) is 3.65. The maximum atomic E-state index is 13.0. The van der Waals surface area contributed by atoms with Crippen molar-refractivity contribution < 1.29 is 18.7 Å². The number of rotatable bonds is 7. The molecule has 9 nitrogen and oxygen atoms in total. The van der Waals surface area contributed by atoms with Crippen LogP contribution in [0.4, 0.5) is 5.69 Å². The van der Waals surface area contributed by atoms with Gasteiger partial charge in [0.15, 0.2) is 0 Å². The molecule has 0 saturated heterocycles. The van der Waals surface area contributed by atoms with Crippen LogP contribution in [0.25, 0.3) is 21.9 Å². The second-order valence-corrected chi connectivity index (χ2v) is 8.59. The second kappa shape index (κ2) is 9.17. The highest BCUT2D eigenvalue weighted by Crippen LogP contribution is 2.35. The molecule has 0 aliphatic heterocycles. The molecule has 1 aliphatic rings. The van der Waals surface area contributed by atoms with E-state index in [4.69, 9.17) is 9.15 Å². The van der Waals surface area contributed by atoms with E-state index in [1.54, 1.807) is 34.9 Å². The quantitative estimate of drug-likeness (QED) is 0.322. The number of hydrogen-bond acceptors (Lipinski definition) is 7. The summed E-state index contributed by atoms with van der Waals surface area (Å²) in [5.41, 5.74) is 1.21. The summed E-state index contributed by atoms with van der Waals surface area (Å²) < 4.78 is 12.4. The summed E-state index contributed by atoms with van der Waals surface area (Å²) in [5, 5.41) is 3.81. The molecule has 0 bridgehead atoms. The van der Waals surface area contributed by atoms with Crippen LogP contribution in [0.3, 0.4) is 0 Å². The number of benzene rings is 2. The van der Waals surface area contributed by atoms with E-state index in [0.717, 1.165) is 12.8 Å². The van der Waals surface area contributed by atoms with E-state index in [-0.39, 0.29) is 42.5 Å². The number of anilines is 1. The Morgan fingerprint density at radius 2 is 1.91 bits per heavy atom. The fourth-order valence-electron chi connectivity index (χ4n) is 4.15. The van der Waals surface area contributed by atoms with Crippen LogP contribution in [0.1, 0.15) is 43.6 Å². The van der Waals surface area contributed by atoms with Crippen LogP contribution in [0.2, 0.25) is 0 Å². The number of para-hydroxylation sites is 1. The molecule has 2 heterocycles. The molecule has 0 spiro atoms. The van der Waals surface area contributed by atoms with E-state index < -0.39 is 11.6 Å². The molecule has 1 fully saturated rings. The number of nitrogens with zero attached hydrogens (tertiary/aromatic N) is 2. The van der Waals surface area contributed by atoms with E-state index in [2.05, 4.69) is 10.3 Å². The summed E-state index contributed by atoms with van der Waals surface area (Å²) in [6.07, 6.45) is 2.16. The molecule has 0 atom stereocenters. The van der Waals surface area contributed by atoms with Gasteiger partial charge < -0.3 is 14.5 Å². The Kier molecular flexibility index (Phi) is 5.90. The first-order chi connectivity index (χ1) is 16.9. The lowest BCUT2D eigenvalue weighted by molar-refractivity contribution is -0.144. The first kappa shape index (κ1) is 22.5. The summed E-state index contributed by atoms with van der Waals surface area (Å²) in [7, 11) is 0. The third-order valence-corrected chi connectivity index (χ3v) is 5.88. The average molecular weight is 473 g/mol. The normalized spacial score (nSPS) is 13.2. The summed E-state index contributed by atoms with van der Waals surface area (Å²) in [5.74, 6) is -0.139. The lowest BCUT2D eigenvalue weighted by atomic mass is 10.1. The molecule has 4 aromatic rings. The smallest absolute Gasteiger partial charge is 0.336 e. The number of carbonyl (C=O) groups excluding carboxylic acids is 2. The fraction of sp³-hybridized carbons (Fsp3) is 0.269. The van der Waals surface area contributed by atoms with Crippen LogP contribution in [0.15, 0.2) is 62.5 Å². The van der Waals surface area contributed by atoms with Gasteiger partial charge >= 0.3 is 11.6 Å². The van der Waals surface area contributed by atoms with E-state index in [1.807, 2.05) is 12.1 Å². The third kappa shape index (κ3) is 4.84. The minimum absolute atomic E-state index is 0.0452. The molecule has 178 valence electrons.